The second-order valence-electron chi connectivity index (χ2n) is 11.9. The lowest BCUT2D eigenvalue weighted by atomic mass is 10.0. The maximum atomic E-state index is 12.5. The number of amides is 1. The molecule has 0 radical (unpaired) electrons. The van der Waals surface area contributed by atoms with Crippen molar-refractivity contribution in [2.75, 3.05) is 6.61 Å². The summed E-state index contributed by atoms with van der Waals surface area (Å²) >= 11 is 0. The molecule has 0 aromatic rings. The van der Waals surface area contributed by atoms with Crippen LogP contribution < -0.4 is 5.32 Å². The van der Waals surface area contributed by atoms with Gasteiger partial charge in [0.1, 0.15) is 6.04 Å². The second kappa shape index (κ2) is 28.0. The summed E-state index contributed by atoms with van der Waals surface area (Å²) < 4.78 is 5.40. The minimum Gasteiger partial charge on any atom is -0.481 e. The Hall–Kier alpha value is -1.59. The molecule has 0 aliphatic heterocycles. The molecule has 1 amide bonds. The van der Waals surface area contributed by atoms with Crippen molar-refractivity contribution in [3.05, 3.63) is 0 Å². The molecule has 6 nitrogen and oxygen atoms in total. The fourth-order valence-electron chi connectivity index (χ4n) is 4.90. The Morgan fingerprint density at radius 2 is 1.08 bits per heavy atom. The van der Waals surface area contributed by atoms with Crippen molar-refractivity contribution in [1.29, 1.82) is 0 Å². The molecule has 0 heterocycles. The van der Waals surface area contributed by atoms with Crippen molar-refractivity contribution in [2.45, 2.75) is 181 Å². The topological polar surface area (TPSA) is 92.7 Å². The van der Waals surface area contributed by atoms with E-state index in [-0.39, 0.29) is 18.7 Å². The number of hydrogen-bond donors (Lipinski definition) is 2. The van der Waals surface area contributed by atoms with E-state index in [0.29, 0.717) is 13.0 Å². The van der Waals surface area contributed by atoms with Crippen molar-refractivity contribution >= 4 is 17.8 Å². The van der Waals surface area contributed by atoms with E-state index in [0.717, 1.165) is 44.4 Å². The quantitative estimate of drug-likeness (QED) is 0.0711. The third-order valence-corrected chi connectivity index (χ3v) is 7.44. The van der Waals surface area contributed by atoms with Crippen molar-refractivity contribution in [3.8, 4) is 0 Å². The van der Waals surface area contributed by atoms with Crippen LogP contribution in [0.15, 0.2) is 0 Å². The van der Waals surface area contributed by atoms with Crippen molar-refractivity contribution in [3.63, 3.8) is 0 Å². The summed E-state index contributed by atoms with van der Waals surface area (Å²) in [6.45, 7) is 7.14. The third kappa shape index (κ3) is 27.8. The molecule has 0 aromatic carbocycles. The van der Waals surface area contributed by atoms with Crippen LogP contribution in [0.2, 0.25) is 0 Å². The number of esters is 1. The Morgan fingerprint density at radius 1 is 0.615 bits per heavy atom. The third-order valence-electron chi connectivity index (χ3n) is 7.44. The summed E-state index contributed by atoms with van der Waals surface area (Å²) in [4.78, 5) is 35.9. The summed E-state index contributed by atoms with van der Waals surface area (Å²) in [5.41, 5.74) is 0. The molecular formula is C33H63NO5. The Bertz CT molecular complexity index is 593. The molecule has 0 unspecified atom stereocenters. The number of aliphatic carboxylic acids is 1. The molecular weight excluding hydrogens is 490 g/mol. The van der Waals surface area contributed by atoms with E-state index in [1.165, 1.54) is 96.3 Å². The first-order chi connectivity index (χ1) is 18.9. The number of carboxylic acids is 1. The minimum absolute atomic E-state index is 0.0649. The van der Waals surface area contributed by atoms with Crippen LogP contribution in [0.4, 0.5) is 0 Å². The number of carbonyl (C=O) groups excluding carboxylic acids is 2. The first-order valence-electron chi connectivity index (χ1n) is 16.5. The van der Waals surface area contributed by atoms with Gasteiger partial charge in [-0.05, 0) is 25.2 Å². The lowest BCUT2D eigenvalue weighted by molar-refractivity contribution is -0.148. The van der Waals surface area contributed by atoms with Gasteiger partial charge in [-0.1, -0.05) is 143 Å². The van der Waals surface area contributed by atoms with E-state index < -0.39 is 18.0 Å². The molecule has 0 aliphatic carbocycles. The molecule has 2 N–H and O–H groups in total. The van der Waals surface area contributed by atoms with E-state index in [9.17, 15) is 14.4 Å². The van der Waals surface area contributed by atoms with Gasteiger partial charge in [0.25, 0.3) is 0 Å². The lowest BCUT2D eigenvalue weighted by Crippen LogP contribution is -2.42. The van der Waals surface area contributed by atoms with Crippen LogP contribution >= 0.6 is 0 Å². The van der Waals surface area contributed by atoms with Gasteiger partial charge in [0.15, 0.2) is 0 Å². The van der Waals surface area contributed by atoms with Crippen LogP contribution in [0.25, 0.3) is 0 Å². The highest BCUT2D eigenvalue weighted by molar-refractivity contribution is 5.84. The molecule has 0 spiro atoms. The van der Waals surface area contributed by atoms with E-state index >= 15 is 0 Å². The second-order valence-corrected chi connectivity index (χ2v) is 11.9. The van der Waals surface area contributed by atoms with Gasteiger partial charge in [0.2, 0.25) is 5.91 Å². The lowest BCUT2D eigenvalue weighted by Gasteiger charge is -2.17. The van der Waals surface area contributed by atoms with Gasteiger partial charge in [0.05, 0.1) is 6.61 Å². The highest BCUT2D eigenvalue weighted by Gasteiger charge is 2.23. The number of carbonyl (C=O) groups is 3. The van der Waals surface area contributed by atoms with Crippen LogP contribution in [0.3, 0.4) is 0 Å². The smallest absolute Gasteiger partial charge is 0.328 e. The van der Waals surface area contributed by atoms with Gasteiger partial charge >= 0.3 is 11.9 Å². The summed E-state index contributed by atoms with van der Waals surface area (Å²) in [6, 6.07) is -0.877. The normalized spacial score (nSPS) is 12.0. The van der Waals surface area contributed by atoms with E-state index in [1.807, 2.05) is 0 Å². The molecule has 230 valence electrons. The predicted molar refractivity (Wildman–Crippen MR) is 162 cm³/mol. The number of rotatable bonds is 29. The Kier molecular flexibility index (Phi) is 26.8. The van der Waals surface area contributed by atoms with Gasteiger partial charge in [0, 0.05) is 12.8 Å². The molecule has 39 heavy (non-hydrogen) atoms. The van der Waals surface area contributed by atoms with Gasteiger partial charge in [-0.2, -0.15) is 0 Å². The van der Waals surface area contributed by atoms with E-state index in [4.69, 9.17) is 9.84 Å². The Balaban J connectivity index is 3.89. The number of unbranched alkanes of at least 4 members (excludes halogenated alkanes) is 18. The largest absolute Gasteiger partial charge is 0.481 e. The monoisotopic (exact) mass is 553 g/mol. The first kappa shape index (κ1) is 37.4. The maximum Gasteiger partial charge on any atom is 0.328 e. The molecule has 0 saturated heterocycles. The predicted octanol–water partition coefficient (Wildman–Crippen LogP) is 9.14. The summed E-state index contributed by atoms with van der Waals surface area (Å²) in [5.74, 6) is -0.856. The Morgan fingerprint density at radius 3 is 1.56 bits per heavy atom. The van der Waals surface area contributed by atoms with Gasteiger partial charge in [-0.25, -0.2) is 4.79 Å². The van der Waals surface area contributed by atoms with Crippen LogP contribution in [-0.4, -0.2) is 35.6 Å². The Labute approximate surface area is 240 Å². The summed E-state index contributed by atoms with van der Waals surface area (Å²) in [5, 5.41) is 11.7. The van der Waals surface area contributed by atoms with Crippen molar-refractivity contribution in [1.82, 2.24) is 5.32 Å². The molecule has 0 bridgehead atoms. The van der Waals surface area contributed by atoms with Crippen LogP contribution in [0, 0.1) is 5.92 Å². The zero-order chi connectivity index (χ0) is 29.0. The first-order valence-corrected chi connectivity index (χ1v) is 16.5. The number of hydrogen-bond acceptors (Lipinski definition) is 4. The molecule has 0 aromatic heterocycles. The molecule has 0 aliphatic rings. The maximum absolute atomic E-state index is 12.5. The average molecular weight is 554 g/mol. The molecule has 0 saturated carbocycles. The fourth-order valence-corrected chi connectivity index (χ4v) is 4.90. The highest BCUT2D eigenvalue weighted by atomic mass is 16.5. The molecule has 6 heteroatoms. The number of carboxylic acid groups (broad SMARTS) is 1. The van der Waals surface area contributed by atoms with Gasteiger partial charge < -0.3 is 15.2 Å². The average Bonchev–Trinajstić information content (AvgIpc) is 2.89. The standard InChI is InChI=1S/C33H63NO5/c1-4-5-6-7-8-12-16-19-22-25-31(35)34-30(26-27-32(36)37)33(38)39-28-23-20-17-14-11-9-10-13-15-18-21-24-29(2)3/h29-30H,4-28H2,1-3H3,(H,34,35)(H,36,37)/t30-/m0/s1. The van der Waals surface area contributed by atoms with Crippen molar-refractivity contribution < 1.29 is 24.2 Å². The van der Waals surface area contributed by atoms with E-state index in [2.05, 4.69) is 26.1 Å². The zero-order valence-corrected chi connectivity index (χ0v) is 25.9. The SMILES string of the molecule is CCCCCCCCCCCC(=O)N[C@@H](CCC(=O)O)C(=O)OCCCCCCCCCCCCCC(C)C. The summed E-state index contributed by atoms with van der Waals surface area (Å²) in [7, 11) is 0. The summed E-state index contributed by atoms with van der Waals surface area (Å²) in [6.07, 6.45) is 25.7. The van der Waals surface area contributed by atoms with E-state index in [1.54, 1.807) is 0 Å². The molecule has 0 rings (SSSR count). The fraction of sp³-hybridized carbons (Fsp3) is 0.909. The molecule has 0 fully saturated rings. The highest BCUT2D eigenvalue weighted by Crippen LogP contribution is 2.14. The van der Waals surface area contributed by atoms with Gasteiger partial charge in [-0.3, -0.25) is 9.59 Å². The van der Waals surface area contributed by atoms with Gasteiger partial charge in [-0.15, -0.1) is 0 Å². The van der Waals surface area contributed by atoms with Crippen LogP contribution in [0.5, 0.6) is 0 Å². The minimum atomic E-state index is -0.980. The van der Waals surface area contributed by atoms with Crippen LogP contribution in [-0.2, 0) is 19.1 Å². The van der Waals surface area contributed by atoms with Crippen molar-refractivity contribution in [2.24, 2.45) is 5.92 Å². The number of ether oxygens (including phenoxy) is 1. The van der Waals surface area contributed by atoms with Crippen LogP contribution in [0.1, 0.15) is 175 Å². The zero-order valence-electron chi connectivity index (χ0n) is 25.9. The molecule has 1 atom stereocenters. The number of nitrogens with one attached hydrogen (secondary N) is 1.